The summed E-state index contributed by atoms with van der Waals surface area (Å²) >= 11 is 4.18. The van der Waals surface area contributed by atoms with Gasteiger partial charge >= 0.3 is 5.30 Å². The number of carboxylic acid groups (broad SMARTS) is 1. The van der Waals surface area contributed by atoms with Gasteiger partial charge in [0.05, 0.1) is 0 Å². The van der Waals surface area contributed by atoms with E-state index in [9.17, 15) is 4.79 Å². The van der Waals surface area contributed by atoms with E-state index in [1.807, 2.05) is 24.3 Å². The number of carbonyl (C=O) groups is 1. The molecule has 0 heterocycles. The third-order valence-electron chi connectivity index (χ3n) is 1.51. The summed E-state index contributed by atoms with van der Waals surface area (Å²) in [4.78, 5) is 11.1. The summed E-state index contributed by atoms with van der Waals surface area (Å²) in [7, 11) is 0. The molecule has 0 spiro atoms. The molecule has 0 aliphatic rings. The van der Waals surface area contributed by atoms with Gasteiger partial charge in [-0.3, -0.25) is 0 Å². The number of alkyl halides is 1. The number of hydrogen-bond donors (Lipinski definition) is 1. The maximum atomic E-state index is 10.3. The Hall–Kier alpha value is -0.480. The van der Waals surface area contributed by atoms with Crippen molar-refractivity contribution in [2.45, 2.75) is 11.3 Å². The molecule has 0 unspecified atom stereocenters. The summed E-state index contributed by atoms with van der Waals surface area (Å²) in [6.07, 6.45) is 0.970. The van der Waals surface area contributed by atoms with Gasteiger partial charge in [0.2, 0.25) is 0 Å². The molecule has 0 bridgehead atoms. The van der Waals surface area contributed by atoms with Crippen molar-refractivity contribution in [3.8, 4) is 0 Å². The van der Waals surface area contributed by atoms with Gasteiger partial charge in [-0.2, -0.15) is 0 Å². The van der Waals surface area contributed by atoms with Gasteiger partial charge in [0.25, 0.3) is 0 Å². The molecule has 0 saturated heterocycles. The van der Waals surface area contributed by atoms with Crippen LogP contribution in [0.25, 0.3) is 0 Å². The highest BCUT2D eigenvalue weighted by Gasteiger charge is 2.00. The summed E-state index contributed by atoms with van der Waals surface area (Å²) < 4.78 is 0. The van der Waals surface area contributed by atoms with Gasteiger partial charge in [0.15, 0.2) is 0 Å². The molecular formula is C9H9BrO2S. The fraction of sp³-hybridized carbons (Fsp3) is 0.222. The first kappa shape index (κ1) is 10.6. The quantitative estimate of drug-likeness (QED) is 0.669. The molecule has 1 aromatic rings. The molecule has 13 heavy (non-hydrogen) atoms. The largest absolute Gasteiger partial charge is 0.473 e. The van der Waals surface area contributed by atoms with Crippen LogP contribution in [0, 0.1) is 0 Å². The van der Waals surface area contributed by atoms with Crippen molar-refractivity contribution < 1.29 is 9.90 Å². The lowest BCUT2D eigenvalue weighted by Gasteiger charge is -1.99. The van der Waals surface area contributed by atoms with Crippen LogP contribution in [0.3, 0.4) is 0 Å². The minimum absolute atomic E-state index is 0.769. The van der Waals surface area contributed by atoms with E-state index in [1.165, 1.54) is 5.56 Å². The molecule has 0 aromatic heterocycles. The molecule has 70 valence electrons. The van der Waals surface area contributed by atoms with E-state index in [2.05, 4.69) is 15.9 Å². The van der Waals surface area contributed by atoms with Gasteiger partial charge in [-0.15, -0.1) is 0 Å². The zero-order valence-electron chi connectivity index (χ0n) is 6.87. The first-order valence-corrected chi connectivity index (χ1v) is 5.72. The van der Waals surface area contributed by atoms with Gasteiger partial charge in [-0.25, -0.2) is 4.79 Å². The maximum absolute atomic E-state index is 10.3. The Balaban J connectivity index is 2.64. The van der Waals surface area contributed by atoms with E-state index in [0.717, 1.165) is 28.4 Å². The first-order chi connectivity index (χ1) is 6.22. The van der Waals surface area contributed by atoms with Crippen LogP contribution in [0.2, 0.25) is 0 Å². The predicted molar refractivity (Wildman–Crippen MR) is 57.8 cm³/mol. The number of halogens is 1. The van der Waals surface area contributed by atoms with Crippen molar-refractivity contribution in [3.63, 3.8) is 0 Å². The Bertz CT molecular complexity index is 284. The molecule has 0 amide bonds. The van der Waals surface area contributed by atoms with E-state index >= 15 is 0 Å². The fourth-order valence-electron chi connectivity index (χ4n) is 0.934. The van der Waals surface area contributed by atoms with Crippen LogP contribution in [-0.2, 0) is 6.42 Å². The molecule has 0 aliphatic carbocycles. The van der Waals surface area contributed by atoms with Gasteiger partial charge in [-0.05, 0) is 35.9 Å². The summed E-state index contributed by atoms with van der Waals surface area (Å²) in [6.45, 7) is 0. The number of aryl methyl sites for hydroxylation is 1. The first-order valence-electron chi connectivity index (χ1n) is 3.78. The van der Waals surface area contributed by atoms with Crippen LogP contribution in [0.4, 0.5) is 4.79 Å². The Morgan fingerprint density at radius 1 is 1.38 bits per heavy atom. The molecule has 1 aromatic carbocycles. The van der Waals surface area contributed by atoms with Crippen molar-refractivity contribution in [2.24, 2.45) is 0 Å². The SMILES string of the molecule is O=C(O)Sc1ccc(CCBr)cc1. The van der Waals surface area contributed by atoms with Crippen LogP contribution in [0.15, 0.2) is 29.2 Å². The predicted octanol–water partition coefficient (Wildman–Crippen LogP) is 3.39. The fourth-order valence-corrected chi connectivity index (χ4v) is 1.87. The van der Waals surface area contributed by atoms with Crippen LogP contribution in [0.5, 0.6) is 0 Å². The van der Waals surface area contributed by atoms with Crippen molar-refractivity contribution in [2.75, 3.05) is 5.33 Å². The van der Waals surface area contributed by atoms with Crippen molar-refractivity contribution in [1.82, 2.24) is 0 Å². The van der Waals surface area contributed by atoms with E-state index in [1.54, 1.807) is 0 Å². The summed E-state index contributed by atoms with van der Waals surface area (Å²) in [5.41, 5.74) is 1.21. The van der Waals surface area contributed by atoms with E-state index < -0.39 is 5.30 Å². The van der Waals surface area contributed by atoms with Crippen LogP contribution < -0.4 is 0 Å². The second-order valence-corrected chi connectivity index (χ2v) is 4.27. The highest BCUT2D eigenvalue weighted by atomic mass is 79.9. The second-order valence-electron chi connectivity index (χ2n) is 2.45. The van der Waals surface area contributed by atoms with Crippen molar-refractivity contribution in [3.05, 3.63) is 29.8 Å². The number of benzene rings is 1. The number of hydrogen-bond acceptors (Lipinski definition) is 2. The topological polar surface area (TPSA) is 37.3 Å². The van der Waals surface area contributed by atoms with Crippen molar-refractivity contribution >= 4 is 33.0 Å². The highest BCUT2D eigenvalue weighted by molar-refractivity contribution is 9.09. The third-order valence-corrected chi connectivity index (χ3v) is 2.59. The maximum Gasteiger partial charge on any atom is 0.369 e. The zero-order valence-corrected chi connectivity index (χ0v) is 9.27. The molecule has 0 saturated carbocycles. The average molecular weight is 261 g/mol. The van der Waals surface area contributed by atoms with Crippen LogP contribution in [0.1, 0.15) is 5.56 Å². The lowest BCUT2D eigenvalue weighted by Crippen LogP contribution is -1.86. The standard InChI is InChI=1S/C9H9BrO2S/c10-6-5-7-1-3-8(4-2-7)13-9(11)12/h1-4H,5-6H2,(H,11,12). The lowest BCUT2D eigenvalue weighted by molar-refractivity contribution is 0.222. The molecular weight excluding hydrogens is 252 g/mol. The smallest absolute Gasteiger partial charge is 0.369 e. The zero-order chi connectivity index (χ0) is 9.68. The molecule has 0 aliphatic heterocycles. The normalized spacial score (nSPS) is 9.92. The van der Waals surface area contributed by atoms with Gasteiger partial charge < -0.3 is 5.11 Å². The number of thioether (sulfide) groups is 1. The Kier molecular flexibility index (Phi) is 4.32. The second kappa shape index (κ2) is 5.29. The van der Waals surface area contributed by atoms with Crippen LogP contribution >= 0.6 is 27.7 Å². The van der Waals surface area contributed by atoms with Crippen molar-refractivity contribution in [1.29, 1.82) is 0 Å². The molecule has 0 radical (unpaired) electrons. The third kappa shape index (κ3) is 3.83. The monoisotopic (exact) mass is 260 g/mol. The lowest BCUT2D eigenvalue weighted by atomic mass is 10.2. The van der Waals surface area contributed by atoms with E-state index in [4.69, 9.17) is 5.11 Å². The van der Waals surface area contributed by atoms with Crippen LogP contribution in [-0.4, -0.2) is 15.7 Å². The Labute approximate surface area is 89.5 Å². The molecule has 0 atom stereocenters. The number of rotatable bonds is 3. The average Bonchev–Trinajstić information content (AvgIpc) is 2.08. The van der Waals surface area contributed by atoms with Gasteiger partial charge in [-0.1, -0.05) is 28.1 Å². The Morgan fingerprint density at radius 2 is 2.00 bits per heavy atom. The summed E-state index contributed by atoms with van der Waals surface area (Å²) in [6, 6.07) is 7.56. The minimum atomic E-state index is -0.867. The summed E-state index contributed by atoms with van der Waals surface area (Å²) in [5, 5.41) is 8.56. The highest BCUT2D eigenvalue weighted by Crippen LogP contribution is 2.19. The van der Waals surface area contributed by atoms with E-state index in [0.29, 0.717) is 0 Å². The molecule has 1 N–H and O–H groups in total. The Morgan fingerprint density at radius 3 is 2.46 bits per heavy atom. The molecule has 1 rings (SSSR count). The molecule has 0 fully saturated rings. The minimum Gasteiger partial charge on any atom is -0.473 e. The molecule has 2 nitrogen and oxygen atoms in total. The summed E-state index contributed by atoms with van der Waals surface area (Å²) in [5.74, 6) is 0. The van der Waals surface area contributed by atoms with Gasteiger partial charge in [0.1, 0.15) is 0 Å². The van der Waals surface area contributed by atoms with E-state index in [-0.39, 0.29) is 0 Å². The van der Waals surface area contributed by atoms with Gasteiger partial charge in [0, 0.05) is 10.2 Å². The molecule has 4 heteroatoms.